The van der Waals surface area contributed by atoms with Crippen LogP contribution in [-0.2, 0) is 6.42 Å². The summed E-state index contributed by atoms with van der Waals surface area (Å²) in [4.78, 5) is 2.22. The minimum Gasteiger partial charge on any atom is -0.309 e. The lowest BCUT2D eigenvalue weighted by atomic mass is 10.1. The predicted octanol–water partition coefficient (Wildman–Crippen LogP) is 1.91. The molecule has 0 saturated heterocycles. The molecule has 0 saturated carbocycles. The first-order valence-electron chi connectivity index (χ1n) is 6.75. The third-order valence-electron chi connectivity index (χ3n) is 2.86. The second-order valence-electron chi connectivity index (χ2n) is 5.48. The summed E-state index contributed by atoms with van der Waals surface area (Å²) in [5, 5.41) is 0. The molecule has 0 aliphatic carbocycles. The highest BCUT2D eigenvalue weighted by Gasteiger charge is 2.05. The van der Waals surface area contributed by atoms with Gasteiger partial charge in [-0.05, 0) is 38.9 Å². The standard InChI is InChI=1S/C15H27N3/c1-13(12-18(3)4)11-16-17-14(2)10-15-8-6-5-7-9-15/h5-9,13-14,16-17H,10-12H2,1-4H3/t13-,14-/m1/s1. The summed E-state index contributed by atoms with van der Waals surface area (Å²) in [7, 11) is 4.23. The van der Waals surface area contributed by atoms with Crippen LogP contribution in [0.3, 0.4) is 0 Å². The molecule has 0 spiro atoms. The maximum atomic E-state index is 3.37. The summed E-state index contributed by atoms with van der Waals surface area (Å²) in [6, 6.07) is 11.0. The van der Waals surface area contributed by atoms with Crippen LogP contribution >= 0.6 is 0 Å². The van der Waals surface area contributed by atoms with Gasteiger partial charge in [-0.15, -0.1) is 0 Å². The SMILES string of the molecule is C[C@H](CNN[C@H](C)Cc1ccccc1)CN(C)C. The Bertz CT molecular complexity index is 311. The van der Waals surface area contributed by atoms with E-state index in [4.69, 9.17) is 0 Å². The van der Waals surface area contributed by atoms with E-state index >= 15 is 0 Å². The topological polar surface area (TPSA) is 27.3 Å². The fourth-order valence-electron chi connectivity index (χ4n) is 2.11. The monoisotopic (exact) mass is 249 g/mol. The molecule has 3 nitrogen and oxygen atoms in total. The number of hydrazine groups is 1. The van der Waals surface area contributed by atoms with Crippen LogP contribution in [0, 0.1) is 5.92 Å². The Hall–Kier alpha value is -0.900. The third-order valence-corrected chi connectivity index (χ3v) is 2.86. The number of rotatable bonds is 8. The number of nitrogens with one attached hydrogen (secondary N) is 2. The zero-order valence-corrected chi connectivity index (χ0v) is 12.1. The molecule has 0 radical (unpaired) electrons. The predicted molar refractivity (Wildman–Crippen MR) is 78.5 cm³/mol. The van der Waals surface area contributed by atoms with Gasteiger partial charge in [-0.3, -0.25) is 10.9 Å². The Balaban J connectivity index is 2.16. The molecule has 18 heavy (non-hydrogen) atoms. The van der Waals surface area contributed by atoms with Gasteiger partial charge in [0.1, 0.15) is 0 Å². The van der Waals surface area contributed by atoms with E-state index < -0.39 is 0 Å². The van der Waals surface area contributed by atoms with Crippen molar-refractivity contribution in [2.24, 2.45) is 5.92 Å². The summed E-state index contributed by atoms with van der Waals surface area (Å²) in [5.41, 5.74) is 8.08. The van der Waals surface area contributed by atoms with Crippen molar-refractivity contribution in [1.82, 2.24) is 15.8 Å². The highest BCUT2D eigenvalue weighted by molar-refractivity contribution is 5.15. The molecule has 1 aromatic carbocycles. The normalized spacial score (nSPS) is 14.7. The van der Waals surface area contributed by atoms with E-state index in [9.17, 15) is 0 Å². The summed E-state index contributed by atoms with van der Waals surface area (Å²) in [6.45, 7) is 6.58. The van der Waals surface area contributed by atoms with Crippen molar-refractivity contribution >= 4 is 0 Å². The fourth-order valence-corrected chi connectivity index (χ4v) is 2.11. The van der Waals surface area contributed by atoms with Gasteiger partial charge in [-0.25, -0.2) is 0 Å². The number of nitrogens with zero attached hydrogens (tertiary/aromatic N) is 1. The van der Waals surface area contributed by atoms with E-state index in [1.54, 1.807) is 0 Å². The van der Waals surface area contributed by atoms with Crippen LogP contribution in [0.2, 0.25) is 0 Å². The van der Waals surface area contributed by atoms with Gasteiger partial charge in [-0.2, -0.15) is 0 Å². The molecule has 0 aliphatic rings. The van der Waals surface area contributed by atoms with Crippen LogP contribution in [0.15, 0.2) is 30.3 Å². The molecule has 0 aliphatic heterocycles. The Kier molecular flexibility index (Phi) is 6.94. The van der Waals surface area contributed by atoms with Crippen LogP contribution in [0.4, 0.5) is 0 Å². The fraction of sp³-hybridized carbons (Fsp3) is 0.600. The van der Waals surface area contributed by atoms with Crippen LogP contribution in [0.1, 0.15) is 19.4 Å². The van der Waals surface area contributed by atoms with Crippen molar-refractivity contribution in [3.63, 3.8) is 0 Å². The molecule has 0 unspecified atom stereocenters. The van der Waals surface area contributed by atoms with Gasteiger partial charge >= 0.3 is 0 Å². The van der Waals surface area contributed by atoms with Crippen molar-refractivity contribution in [2.45, 2.75) is 26.3 Å². The summed E-state index contributed by atoms with van der Waals surface area (Å²) < 4.78 is 0. The van der Waals surface area contributed by atoms with Crippen LogP contribution in [-0.4, -0.2) is 38.1 Å². The lowest BCUT2D eigenvalue weighted by molar-refractivity contribution is 0.312. The molecule has 0 heterocycles. The highest BCUT2D eigenvalue weighted by Crippen LogP contribution is 2.02. The first-order chi connectivity index (χ1) is 8.58. The molecule has 0 amide bonds. The molecular formula is C15H27N3. The number of hydrogen-bond donors (Lipinski definition) is 2. The van der Waals surface area contributed by atoms with Crippen molar-refractivity contribution in [2.75, 3.05) is 27.2 Å². The average molecular weight is 249 g/mol. The van der Waals surface area contributed by atoms with E-state index in [-0.39, 0.29) is 0 Å². The van der Waals surface area contributed by atoms with E-state index in [0.29, 0.717) is 12.0 Å². The van der Waals surface area contributed by atoms with Crippen molar-refractivity contribution in [3.05, 3.63) is 35.9 Å². The summed E-state index contributed by atoms with van der Waals surface area (Å²) >= 11 is 0. The molecule has 1 aromatic rings. The molecule has 102 valence electrons. The molecule has 0 aromatic heterocycles. The molecule has 3 heteroatoms. The second-order valence-corrected chi connectivity index (χ2v) is 5.48. The Morgan fingerprint density at radius 3 is 2.39 bits per heavy atom. The maximum absolute atomic E-state index is 3.37. The lowest BCUT2D eigenvalue weighted by Crippen LogP contribution is -2.43. The van der Waals surface area contributed by atoms with Gasteiger partial charge in [0.05, 0.1) is 0 Å². The first-order valence-corrected chi connectivity index (χ1v) is 6.75. The maximum Gasteiger partial charge on any atom is 0.0225 e. The van der Waals surface area contributed by atoms with Crippen LogP contribution < -0.4 is 10.9 Å². The van der Waals surface area contributed by atoms with Crippen molar-refractivity contribution in [3.8, 4) is 0 Å². The van der Waals surface area contributed by atoms with Gasteiger partial charge in [0.2, 0.25) is 0 Å². The highest BCUT2D eigenvalue weighted by atomic mass is 15.4. The van der Waals surface area contributed by atoms with E-state index in [0.717, 1.165) is 19.5 Å². The third kappa shape index (κ3) is 6.74. The van der Waals surface area contributed by atoms with Gasteiger partial charge in [0.25, 0.3) is 0 Å². The van der Waals surface area contributed by atoms with E-state index in [1.165, 1.54) is 5.56 Å². The Labute approximate surface area is 112 Å². The van der Waals surface area contributed by atoms with Gasteiger partial charge in [-0.1, -0.05) is 37.3 Å². The lowest BCUT2D eigenvalue weighted by Gasteiger charge is -2.20. The second kappa shape index (κ2) is 8.25. The molecule has 0 bridgehead atoms. The summed E-state index contributed by atoms with van der Waals surface area (Å²) in [6.07, 6.45) is 1.05. The zero-order valence-electron chi connectivity index (χ0n) is 12.1. The average Bonchev–Trinajstić information content (AvgIpc) is 2.29. The van der Waals surface area contributed by atoms with Crippen molar-refractivity contribution in [1.29, 1.82) is 0 Å². The summed E-state index contributed by atoms with van der Waals surface area (Å²) in [5.74, 6) is 0.649. The van der Waals surface area contributed by atoms with Gasteiger partial charge < -0.3 is 4.90 Å². The van der Waals surface area contributed by atoms with Gasteiger partial charge in [0.15, 0.2) is 0 Å². The minimum absolute atomic E-state index is 0.443. The Morgan fingerprint density at radius 2 is 1.78 bits per heavy atom. The first kappa shape index (κ1) is 15.2. The Morgan fingerprint density at radius 1 is 1.11 bits per heavy atom. The van der Waals surface area contributed by atoms with E-state index in [1.807, 2.05) is 0 Å². The molecular weight excluding hydrogens is 222 g/mol. The molecule has 2 atom stereocenters. The number of benzene rings is 1. The van der Waals surface area contributed by atoms with Crippen molar-refractivity contribution < 1.29 is 0 Å². The zero-order chi connectivity index (χ0) is 13.4. The molecule has 1 rings (SSSR count). The largest absolute Gasteiger partial charge is 0.309 e. The minimum atomic E-state index is 0.443. The van der Waals surface area contributed by atoms with Crippen LogP contribution in [0.5, 0.6) is 0 Å². The quantitative estimate of drug-likeness (QED) is 0.689. The molecule has 2 N–H and O–H groups in total. The van der Waals surface area contributed by atoms with Crippen LogP contribution in [0.25, 0.3) is 0 Å². The molecule has 0 fully saturated rings. The van der Waals surface area contributed by atoms with E-state index in [2.05, 4.69) is 74.0 Å². The number of hydrogen-bond acceptors (Lipinski definition) is 3. The smallest absolute Gasteiger partial charge is 0.0225 e. The van der Waals surface area contributed by atoms with Gasteiger partial charge in [0, 0.05) is 19.1 Å².